The van der Waals surface area contributed by atoms with E-state index in [1.165, 1.54) is 0 Å². The van der Waals surface area contributed by atoms with Crippen LogP contribution < -0.4 is 5.73 Å². The molecule has 3 N–H and O–H groups in total. The van der Waals surface area contributed by atoms with Crippen LogP contribution in [0.25, 0.3) is 0 Å². The first-order valence-corrected chi connectivity index (χ1v) is 6.30. The molecule has 0 aliphatic carbocycles. The zero-order chi connectivity index (χ0) is 13.5. The van der Waals surface area contributed by atoms with Crippen molar-refractivity contribution in [3.05, 3.63) is 0 Å². The van der Waals surface area contributed by atoms with Crippen LogP contribution in [0.15, 0.2) is 0 Å². The van der Waals surface area contributed by atoms with E-state index in [1.54, 1.807) is 11.9 Å². The van der Waals surface area contributed by atoms with Gasteiger partial charge in [-0.15, -0.1) is 0 Å². The van der Waals surface area contributed by atoms with Gasteiger partial charge < -0.3 is 20.5 Å². The smallest absolute Gasteiger partial charge is 0.303 e. The summed E-state index contributed by atoms with van der Waals surface area (Å²) in [5, 5.41) is 8.55. The van der Waals surface area contributed by atoms with Crippen molar-refractivity contribution >= 4 is 11.9 Å². The molecule has 1 amide bonds. The molecule has 1 rings (SSSR count). The lowest BCUT2D eigenvalue weighted by molar-refractivity contribution is -0.137. The van der Waals surface area contributed by atoms with E-state index in [4.69, 9.17) is 15.6 Å². The van der Waals surface area contributed by atoms with Gasteiger partial charge in [0.2, 0.25) is 5.91 Å². The molecule has 1 saturated heterocycles. The molecule has 2 atom stereocenters. The fourth-order valence-electron chi connectivity index (χ4n) is 2.11. The Bertz CT molecular complexity index is 290. The van der Waals surface area contributed by atoms with Crippen molar-refractivity contribution < 1.29 is 19.4 Å². The summed E-state index contributed by atoms with van der Waals surface area (Å²) in [6.07, 6.45) is 2.19. The van der Waals surface area contributed by atoms with E-state index in [0.29, 0.717) is 19.1 Å². The summed E-state index contributed by atoms with van der Waals surface area (Å²) in [6, 6.07) is -0.726. The van der Waals surface area contributed by atoms with Gasteiger partial charge in [0.05, 0.1) is 12.6 Å². The third-order valence-electron chi connectivity index (χ3n) is 3.15. The molecule has 2 unspecified atom stereocenters. The highest BCUT2D eigenvalue weighted by molar-refractivity contribution is 5.82. The van der Waals surface area contributed by atoms with E-state index in [9.17, 15) is 9.59 Å². The van der Waals surface area contributed by atoms with Gasteiger partial charge in [-0.2, -0.15) is 0 Å². The first-order chi connectivity index (χ1) is 8.50. The first kappa shape index (κ1) is 14.9. The number of nitrogens with zero attached hydrogens (tertiary/aromatic N) is 1. The minimum absolute atomic E-state index is 0.0761. The summed E-state index contributed by atoms with van der Waals surface area (Å²) in [7, 11) is 1.71. The Balaban J connectivity index is 2.32. The molecular formula is C12H22N2O4. The Morgan fingerprint density at radius 1 is 1.56 bits per heavy atom. The summed E-state index contributed by atoms with van der Waals surface area (Å²) >= 11 is 0. The van der Waals surface area contributed by atoms with Crippen LogP contribution in [0.2, 0.25) is 0 Å². The summed E-state index contributed by atoms with van der Waals surface area (Å²) in [5.74, 6) is -0.761. The van der Waals surface area contributed by atoms with Crippen molar-refractivity contribution in [2.75, 3.05) is 26.8 Å². The van der Waals surface area contributed by atoms with Crippen molar-refractivity contribution in [1.29, 1.82) is 0 Å². The maximum atomic E-state index is 11.9. The largest absolute Gasteiger partial charge is 0.481 e. The number of carbonyl (C=O) groups excluding carboxylic acids is 1. The molecule has 18 heavy (non-hydrogen) atoms. The molecule has 104 valence electrons. The average Bonchev–Trinajstić information content (AvgIpc) is 2.36. The van der Waals surface area contributed by atoms with Crippen molar-refractivity contribution in [2.24, 2.45) is 11.7 Å². The van der Waals surface area contributed by atoms with Crippen molar-refractivity contribution in [2.45, 2.75) is 31.7 Å². The maximum Gasteiger partial charge on any atom is 0.303 e. The molecule has 1 fully saturated rings. The number of aliphatic carboxylic acids is 1. The quantitative estimate of drug-likeness (QED) is 0.703. The molecule has 0 aromatic rings. The van der Waals surface area contributed by atoms with Crippen molar-refractivity contribution in [3.63, 3.8) is 0 Å². The fraction of sp³-hybridized carbons (Fsp3) is 0.833. The molecule has 0 saturated carbocycles. The summed E-state index contributed by atoms with van der Waals surface area (Å²) in [5.41, 5.74) is 5.69. The molecule has 0 radical (unpaired) electrons. The number of carboxylic acids is 1. The number of carbonyl (C=O) groups is 2. The van der Waals surface area contributed by atoms with E-state index in [1.807, 2.05) is 0 Å². The lowest BCUT2D eigenvalue weighted by Crippen LogP contribution is -2.44. The monoisotopic (exact) mass is 258 g/mol. The van der Waals surface area contributed by atoms with Crippen LogP contribution in [0, 0.1) is 5.92 Å². The standard InChI is InChI=1S/C12H22N2O4/c1-14(7-9-3-2-6-18-8-9)12(17)10(13)4-5-11(15)16/h9-10H,2-8,13H2,1H3,(H,15,16). The van der Waals surface area contributed by atoms with Crippen LogP contribution in [0.4, 0.5) is 0 Å². The lowest BCUT2D eigenvalue weighted by Gasteiger charge is -2.28. The number of amides is 1. The van der Waals surface area contributed by atoms with E-state index in [0.717, 1.165) is 19.4 Å². The van der Waals surface area contributed by atoms with Gasteiger partial charge >= 0.3 is 5.97 Å². The Labute approximate surface area is 107 Å². The van der Waals surface area contributed by atoms with Crippen molar-refractivity contribution in [1.82, 2.24) is 4.90 Å². The van der Waals surface area contributed by atoms with E-state index in [-0.39, 0.29) is 18.7 Å². The normalized spacial score (nSPS) is 21.3. The van der Waals surface area contributed by atoms with Gasteiger partial charge in [-0.3, -0.25) is 9.59 Å². The number of hydrogen-bond acceptors (Lipinski definition) is 4. The number of likely N-dealkylation sites (N-methyl/N-ethyl adjacent to an activating group) is 1. The minimum Gasteiger partial charge on any atom is -0.481 e. The lowest BCUT2D eigenvalue weighted by atomic mass is 10.0. The van der Waals surface area contributed by atoms with Gasteiger partial charge in [0.25, 0.3) is 0 Å². The summed E-state index contributed by atoms with van der Waals surface area (Å²) in [6.45, 7) is 2.11. The number of hydrogen-bond donors (Lipinski definition) is 2. The third kappa shape index (κ3) is 5.01. The highest BCUT2D eigenvalue weighted by atomic mass is 16.5. The molecule has 0 spiro atoms. The SMILES string of the molecule is CN(CC1CCCOC1)C(=O)C(N)CCC(=O)O. The highest BCUT2D eigenvalue weighted by Crippen LogP contribution is 2.14. The molecule has 0 aromatic heterocycles. The number of ether oxygens (including phenoxy) is 1. The van der Waals surface area contributed by atoms with Gasteiger partial charge in [0.1, 0.15) is 0 Å². The molecular weight excluding hydrogens is 236 g/mol. The number of carboxylic acid groups (broad SMARTS) is 1. The van der Waals surface area contributed by atoms with Gasteiger partial charge in [-0.05, 0) is 25.2 Å². The van der Waals surface area contributed by atoms with Gasteiger partial charge in [0.15, 0.2) is 0 Å². The molecule has 0 bridgehead atoms. The number of rotatable bonds is 6. The zero-order valence-corrected chi connectivity index (χ0v) is 10.8. The Morgan fingerprint density at radius 3 is 2.83 bits per heavy atom. The summed E-state index contributed by atoms with van der Waals surface area (Å²) in [4.78, 5) is 23.9. The molecule has 6 nitrogen and oxygen atoms in total. The molecule has 1 aliphatic rings. The zero-order valence-electron chi connectivity index (χ0n) is 10.8. The predicted octanol–water partition coefficient (Wildman–Crippen LogP) is 0.0635. The van der Waals surface area contributed by atoms with Crippen molar-refractivity contribution in [3.8, 4) is 0 Å². The van der Waals surface area contributed by atoms with E-state index >= 15 is 0 Å². The second-order valence-electron chi connectivity index (χ2n) is 4.84. The maximum absolute atomic E-state index is 11.9. The molecule has 1 heterocycles. The third-order valence-corrected chi connectivity index (χ3v) is 3.15. The molecule has 6 heteroatoms. The van der Waals surface area contributed by atoms with Crippen LogP contribution in [0.1, 0.15) is 25.7 Å². The Hall–Kier alpha value is -1.14. The van der Waals surface area contributed by atoms with Crippen LogP contribution >= 0.6 is 0 Å². The topological polar surface area (TPSA) is 92.9 Å². The highest BCUT2D eigenvalue weighted by Gasteiger charge is 2.22. The van der Waals surface area contributed by atoms with Gasteiger partial charge in [-0.25, -0.2) is 0 Å². The predicted molar refractivity (Wildman–Crippen MR) is 66.0 cm³/mol. The fourth-order valence-corrected chi connectivity index (χ4v) is 2.11. The van der Waals surface area contributed by atoms with Crippen LogP contribution in [0.5, 0.6) is 0 Å². The van der Waals surface area contributed by atoms with E-state index in [2.05, 4.69) is 0 Å². The van der Waals surface area contributed by atoms with E-state index < -0.39 is 12.0 Å². The van der Waals surface area contributed by atoms with Crippen LogP contribution in [0.3, 0.4) is 0 Å². The van der Waals surface area contributed by atoms with Gasteiger partial charge in [-0.1, -0.05) is 0 Å². The Kier molecular flexibility index (Phi) is 6.07. The summed E-state index contributed by atoms with van der Waals surface area (Å²) < 4.78 is 5.36. The minimum atomic E-state index is -0.929. The second-order valence-corrected chi connectivity index (χ2v) is 4.84. The Morgan fingerprint density at radius 2 is 2.28 bits per heavy atom. The molecule has 0 aromatic carbocycles. The molecule has 1 aliphatic heterocycles. The number of nitrogens with two attached hydrogens (primary N) is 1. The van der Waals surface area contributed by atoms with Crippen LogP contribution in [-0.4, -0.2) is 54.7 Å². The van der Waals surface area contributed by atoms with Crippen LogP contribution in [-0.2, 0) is 14.3 Å². The average molecular weight is 258 g/mol. The second kappa shape index (κ2) is 7.33. The first-order valence-electron chi connectivity index (χ1n) is 6.30. The van der Waals surface area contributed by atoms with Gasteiger partial charge in [0, 0.05) is 26.6 Å².